The minimum absolute atomic E-state index is 0.365. The van der Waals surface area contributed by atoms with Crippen molar-refractivity contribution in [2.75, 3.05) is 13.6 Å². The number of halogens is 2. The first kappa shape index (κ1) is 13.7. The van der Waals surface area contributed by atoms with Crippen LogP contribution >= 0.6 is 23.2 Å². The summed E-state index contributed by atoms with van der Waals surface area (Å²) in [5.74, 6) is 0.534. The molecule has 0 aromatic heterocycles. The zero-order valence-electron chi connectivity index (χ0n) is 10.4. The monoisotopic (exact) mass is 282 g/mol. The molecule has 0 spiro atoms. The molecule has 18 heavy (non-hydrogen) atoms. The summed E-state index contributed by atoms with van der Waals surface area (Å²) in [5.41, 5.74) is 1.20. The van der Waals surface area contributed by atoms with Crippen LogP contribution in [0, 0.1) is 17.2 Å². The molecule has 0 bridgehead atoms. The van der Waals surface area contributed by atoms with Gasteiger partial charge in [0.25, 0.3) is 0 Å². The lowest BCUT2D eigenvalue weighted by molar-refractivity contribution is 0.274. The van der Waals surface area contributed by atoms with Crippen molar-refractivity contribution in [2.24, 2.45) is 5.92 Å². The predicted octanol–water partition coefficient (Wildman–Crippen LogP) is 3.77. The molecule has 2 rings (SSSR count). The van der Waals surface area contributed by atoms with E-state index in [2.05, 4.69) is 18.0 Å². The Morgan fingerprint density at radius 2 is 2.17 bits per heavy atom. The van der Waals surface area contributed by atoms with E-state index in [1.807, 2.05) is 18.2 Å². The van der Waals surface area contributed by atoms with Crippen LogP contribution in [0.2, 0.25) is 10.0 Å². The van der Waals surface area contributed by atoms with E-state index in [1.54, 1.807) is 0 Å². The summed E-state index contributed by atoms with van der Waals surface area (Å²) in [6.45, 7) is 1.07. The van der Waals surface area contributed by atoms with Crippen molar-refractivity contribution in [3.8, 4) is 6.07 Å². The average molecular weight is 283 g/mol. The fourth-order valence-corrected chi connectivity index (χ4v) is 3.03. The van der Waals surface area contributed by atoms with Crippen LogP contribution in [0.5, 0.6) is 0 Å². The Balaban J connectivity index is 2.08. The molecule has 0 N–H and O–H groups in total. The standard InChI is InChI=1S/C14H16Cl2N2/c1-18-7-5-11(14(18)4-6-17)8-10-2-3-12(15)13(16)9-10/h2-3,9,11,14H,4-5,7-8H2,1H3/t11?,14-/m0/s1. The number of likely N-dealkylation sites (tertiary alicyclic amines) is 1. The minimum atomic E-state index is 0.365. The molecular formula is C14H16Cl2N2. The van der Waals surface area contributed by atoms with Crippen LogP contribution in [0.1, 0.15) is 18.4 Å². The summed E-state index contributed by atoms with van der Waals surface area (Å²) in [6, 6.07) is 8.46. The van der Waals surface area contributed by atoms with Gasteiger partial charge in [0, 0.05) is 6.04 Å². The number of benzene rings is 1. The molecule has 1 aromatic carbocycles. The van der Waals surface area contributed by atoms with Gasteiger partial charge in [-0.25, -0.2) is 0 Å². The number of rotatable bonds is 3. The van der Waals surface area contributed by atoms with Crippen LogP contribution in [0.3, 0.4) is 0 Å². The van der Waals surface area contributed by atoms with Crippen molar-refractivity contribution >= 4 is 23.2 Å². The first-order valence-electron chi connectivity index (χ1n) is 6.13. The molecular weight excluding hydrogens is 267 g/mol. The minimum Gasteiger partial charge on any atom is -0.302 e. The maximum absolute atomic E-state index is 8.89. The summed E-state index contributed by atoms with van der Waals surface area (Å²) in [5, 5.41) is 10.1. The Bertz CT molecular complexity index is 467. The highest BCUT2D eigenvalue weighted by Crippen LogP contribution is 2.30. The summed E-state index contributed by atoms with van der Waals surface area (Å²) >= 11 is 11.9. The van der Waals surface area contributed by atoms with Crippen LogP contribution < -0.4 is 0 Å². The lowest BCUT2D eigenvalue weighted by Crippen LogP contribution is -2.29. The zero-order valence-corrected chi connectivity index (χ0v) is 11.9. The Morgan fingerprint density at radius 1 is 1.39 bits per heavy atom. The van der Waals surface area contributed by atoms with Gasteiger partial charge in [-0.05, 0) is 50.0 Å². The fraction of sp³-hybridized carbons (Fsp3) is 0.500. The van der Waals surface area contributed by atoms with Gasteiger partial charge < -0.3 is 4.90 Å². The zero-order chi connectivity index (χ0) is 13.1. The fourth-order valence-electron chi connectivity index (χ4n) is 2.71. The van der Waals surface area contributed by atoms with E-state index in [4.69, 9.17) is 28.5 Å². The molecule has 96 valence electrons. The second-order valence-corrected chi connectivity index (χ2v) is 5.73. The molecule has 1 aliphatic rings. The normalized spacial score (nSPS) is 24.1. The summed E-state index contributed by atoms with van der Waals surface area (Å²) in [4.78, 5) is 2.28. The van der Waals surface area contributed by atoms with Gasteiger partial charge in [0.1, 0.15) is 0 Å². The molecule has 2 nitrogen and oxygen atoms in total. The maximum Gasteiger partial charge on any atom is 0.0638 e. The number of hydrogen-bond acceptors (Lipinski definition) is 2. The van der Waals surface area contributed by atoms with Crippen molar-refractivity contribution in [1.82, 2.24) is 4.90 Å². The van der Waals surface area contributed by atoms with E-state index in [0.29, 0.717) is 28.4 Å². The van der Waals surface area contributed by atoms with Crippen molar-refractivity contribution in [3.63, 3.8) is 0 Å². The highest BCUT2D eigenvalue weighted by atomic mass is 35.5. The smallest absolute Gasteiger partial charge is 0.0638 e. The third-order valence-electron chi connectivity index (χ3n) is 3.75. The topological polar surface area (TPSA) is 27.0 Å². The number of hydrogen-bond donors (Lipinski definition) is 0. The van der Waals surface area contributed by atoms with Crippen molar-refractivity contribution in [1.29, 1.82) is 5.26 Å². The first-order valence-corrected chi connectivity index (χ1v) is 6.88. The maximum atomic E-state index is 8.89. The van der Waals surface area contributed by atoms with Crippen molar-refractivity contribution < 1.29 is 0 Å². The van der Waals surface area contributed by atoms with Crippen molar-refractivity contribution in [2.45, 2.75) is 25.3 Å². The van der Waals surface area contributed by atoms with E-state index < -0.39 is 0 Å². The van der Waals surface area contributed by atoms with Crippen LogP contribution in [-0.4, -0.2) is 24.5 Å². The van der Waals surface area contributed by atoms with Gasteiger partial charge in [-0.3, -0.25) is 0 Å². The molecule has 1 fully saturated rings. The van der Waals surface area contributed by atoms with Crippen LogP contribution in [0.25, 0.3) is 0 Å². The molecule has 2 atom stereocenters. The van der Waals surface area contributed by atoms with Crippen LogP contribution in [-0.2, 0) is 6.42 Å². The van der Waals surface area contributed by atoms with Gasteiger partial charge in [-0.2, -0.15) is 5.26 Å². The lowest BCUT2D eigenvalue weighted by atomic mass is 9.91. The Labute approximate surface area is 118 Å². The van der Waals surface area contributed by atoms with E-state index in [9.17, 15) is 0 Å². The summed E-state index contributed by atoms with van der Waals surface area (Å²) in [6.07, 6.45) is 2.71. The Morgan fingerprint density at radius 3 is 2.83 bits per heavy atom. The van der Waals surface area contributed by atoms with E-state index in [1.165, 1.54) is 5.56 Å². The highest BCUT2D eigenvalue weighted by molar-refractivity contribution is 6.42. The van der Waals surface area contributed by atoms with Gasteiger partial charge in [0.15, 0.2) is 0 Å². The molecule has 0 saturated carbocycles. The van der Waals surface area contributed by atoms with Gasteiger partial charge in [0.2, 0.25) is 0 Å². The van der Waals surface area contributed by atoms with E-state index >= 15 is 0 Å². The first-order chi connectivity index (χ1) is 8.61. The Kier molecular flexibility index (Phi) is 4.50. The summed E-state index contributed by atoms with van der Waals surface area (Å²) < 4.78 is 0. The molecule has 0 amide bonds. The van der Waals surface area contributed by atoms with Gasteiger partial charge in [0.05, 0.1) is 22.5 Å². The molecule has 1 saturated heterocycles. The SMILES string of the molecule is CN1CCC(Cc2ccc(Cl)c(Cl)c2)[C@@H]1CC#N. The van der Waals surface area contributed by atoms with Crippen LogP contribution in [0.15, 0.2) is 18.2 Å². The van der Waals surface area contributed by atoms with Gasteiger partial charge in [-0.1, -0.05) is 29.3 Å². The number of nitriles is 1. The average Bonchev–Trinajstić information content (AvgIpc) is 2.67. The number of nitrogens with zero attached hydrogens (tertiary/aromatic N) is 2. The molecule has 1 aliphatic heterocycles. The van der Waals surface area contributed by atoms with Crippen molar-refractivity contribution in [3.05, 3.63) is 33.8 Å². The second kappa shape index (κ2) is 5.93. The largest absolute Gasteiger partial charge is 0.302 e. The van der Waals surface area contributed by atoms with E-state index in [-0.39, 0.29) is 0 Å². The highest BCUT2D eigenvalue weighted by Gasteiger charge is 2.31. The predicted molar refractivity (Wildman–Crippen MR) is 74.9 cm³/mol. The van der Waals surface area contributed by atoms with Gasteiger partial charge >= 0.3 is 0 Å². The van der Waals surface area contributed by atoms with E-state index in [0.717, 1.165) is 19.4 Å². The molecule has 1 aromatic rings. The Hall–Kier alpha value is -0.750. The second-order valence-electron chi connectivity index (χ2n) is 4.91. The van der Waals surface area contributed by atoms with Crippen LogP contribution in [0.4, 0.5) is 0 Å². The van der Waals surface area contributed by atoms with Gasteiger partial charge in [-0.15, -0.1) is 0 Å². The molecule has 0 aliphatic carbocycles. The summed E-state index contributed by atoms with van der Waals surface area (Å²) in [7, 11) is 2.09. The molecule has 0 radical (unpaired) electrons. The third kappa shape index (κ3) is 2.98. The molecule has 1 unspecified atom stereocenters. The quantitative estimate of drug-likeness (QED) is 0.844. The molecule has 4 heteroatoms. The molecule has 1 heterocycles. The lowest BCUT2D eigenvalue weighted by Gasteiger charge is -2.22. The third-order valence-corrected chi connectivity index (χ3v) is 4.48.